The van der Waals surface area contributed by atoms with Crippen molar-refractivity contribution in [2.24, 2.45) is 0 Å². The van der Waals surface area contributed by atoms with Crippen molar-refractivity contribution in [2.75, 3.05) is 18.1 Å². The van der Waals surface area contributed by atoms with E-state index < -0.39 is 16.1 Å². The Hall–Kier alpha value is -3.89. The van der Waals surface area contributed by atoms with E-state index in [-0.39, 0.29) is 35.9 Å². The number of nitrogens with one attached hydrogen (secondary N) is 2. The first-order valence-corrected chi connectivity index (χ1v) is 14.5. The lowest BCUT2D eigenvalue weighted by Gasteiger charge is -2.34. The average molecular weight is 550 g/mol. The van der Waals surface area contributed by atoms with Crippen LogP contribution in [0.15, 0.2) is 83.8 Å². The standard InChI is InChI=1S/C29H31N3O6S/c33-28(20-37-23-14-16-24(17-15-23)39(35,36)31-22-10-4-5-11-22)32-19-27(38-26-13-7-6-12-25(26)32)29(34)30-18-21-8-2-1-3-9-21/h1-3,6-9,12-17,22,27,31H,4-5,10-11,18-20H2,(H,30,34)/t27-/m1/s1. The van der Waals surface area contributed by atoms with Crippen LogP contribution in [0.4, 0.5) is 5.69 Å². The van der Waals surface area contributed by atoms with Crippen LogP contribution in [-0.2, 0) is 26.2 Å². The minimum atomic E-state index is -3.61. The third-order valence-electron chi connectivity index (χ3n) is 6.85. The zero-order valence-corrected chi connectivity index (χ0v) is 22.2. The largest absolute Gasteiger partial charge is 0.484 e. The number of para-hydroxylation sites is 2. The van der Waals surface area contributed by atoms with Gasteiger partial charge in [0.25, 0.3) is 11.8 Å². The summed E-state index contributed by atoms with van der Waals surface area (Å²) in [5.41, 5.74) is 1.51. The maximum Gasteiger partial charge on any atom is 0.265 e. The third kappa shape index (κ3) is 6.58. The maximum atomic E-state index is 13.2. The number of nitrogens with zero attached hydrogens (tertiary/aromatic N) is 1. The second-order valence-electron chi connectivity index (χ2n) is 9.64. The van der Waals surface area contributed by atoms with Crippen LogP contribution in [0, 0.1) is 0 Å². The fraction of sp³-hybridized carbons (Fsp3) is 0.310. The number of ether oxygens (including phenoxy) is 2. The molecule has 204 valence electrons. The molecule has 1 aliphatic heterocycles. The summed E-state index contributed by atoms with van der Waals surface area (Å²) in [5, 5.41) is 2.87. The molecule has 3 aromatic rings. The molecule has 0 bridgehead atoms. The molecule has 1 fully saturated rings. The number of sulfonamides is 1. The fourth-order valence-corrected chi connectivity index (χ4v) is 6.08. The number of anilines is 1. The summed E-state index contributed by atoms with van der Waals surface area (Å²) in [7, 11) is -3.61. The highest BCUT2D eigenvalue weighted by atomic mass is 32.2. The Labute approximate surface area is 228 Å². The Morgan fingerprint density at radius 3 is 2.36 bits per heavy atom. The van der Waals surface area contributed by atoms with Gasteiger partial charge in [0.1, 0.15) is 11.5 Å². The summed E-state index contributed by atoms with van der Waals surface area (Å²) < 4.78 is 39.6. The van der Waals surface area contributed by atoms with Gasteiger partial charge in [0, 0.05) is 12.6 Å². The number of hydrogen-bond donors (Lipinski definition) is 2. The monoisotopic (exact) mass is 549 g/mol. The second-order valence-corrected chi connectivity index (χ2v) is 11.4. The van der Waals surface area contributed by atoms with Crippen molar-refractivity contribution in [1.29, 1.82) is 0 Å². The topological polar surface area (TPSA) is 114 Å². The molecule has 1 aliphatic carbocycles. The molecule has 0 spiro atoms. The van der Waals surface area contributed by atoms with E-state index in [1.54, 1.807) is 24.3 Å². The molecule has 1 heterocycles. The molecule has 9 nitrogen and oxygen atoms in total. The lowest BCUT2D eigenvalue weighted by atomic mass is 10.1. The smallest absolute Gasteiger partial charge is 0.265 e. The lowest BCUT2D eigenvalue weighted by molar-refractivity contribution is -0.128. The van der Waals surface area contributed by atoms with E-state index in [4.69, 9.17) is 9.47 Å². The van der Waals surface area contributed by atoms with Crippen molar-refractivity contribution in [3.8, 4) is 11.5 Å². The molecule has 0 aromatic heterocycles. The predicted octanol–water partition coefficient (Wildman–Crippen LogP) is 3.40. The number of hydrogen-bond acceptors (Lipinski definition) is 6. The second kappa shape index (κ2) is 11.9. The number of carbonyl (C=O) groups is 2. The first-order chi connectivity index (χ1) is 18.9. The van der Waals surface area contributed by atoms with Gasteiger partial charge in [0.2, 0.25) is 10.0 Å². The van der Waals surface area contributed by atoms with E-state index in [0.717, 1.165) is 31.2 Å². The van der Waals surface area contributed by atoms with Gasteiger partial charge in [0.05, 0.1) is 17.1 Å². The highest BCUT2D eigenvalue weighted by Crippen LogP contribution is 2.33. The van der Waals surface area contributed by atoms with E-state index in [9.17, 15) is 18.0 Å². The number of amides is 2. The van der Waals surface area contributed by atoms with Gasteiger partial charge in [-0.15, -0.1) is 0 Å². The molecule has 0 unspecified atom stereocenters. The lowest BCUT2D eigenvalue weighted by Crippen LogP contribution is -2.51. The summed E-state index contributed by atoms with van der Waals surface area (Å²) >= 11 is 0. The van der Waals surface area contributed by atoms with Crippen molar-refractivity contribution < 1.29 is 27.5 Å². The van der Waals surface area contributed by atoms with Gasteiger partial charge in [-0.1, -0.05) is 55.3 Å². The van der Waals surface area contributed by atoms with Crippen LogP contribution in [0.2, 0.25) is 0 Å². The van der Waals surface area contributed by atoms with Gasteiger partial charge >= 0.3 is 0 Å². The molecule has 5 rings (SSSR count). The van der Waals surface area contributed by atoms with E-state index in [1.807, 2.05) is 30.3 Å². The van der Waals surface area contributed by atoms with E-state index in [2.05, 4.69) is 10.0 Å². The van der Waals surface area contributed by atoms with Crippen molar-refractivity contribution in [2.45, 2.75) is 49.3 Å². The first kappa shape index (κ1) is 26.7. The van der Waals surface area contributed by atoms with Crippen LogP contribution in [0.3, 0.4) is 0 Å². The normalized spacial score (nSPS) is 17.2. The summed E-state index contributed by atoms with van der Waals surface area (Å²) in [6, 6.07) is 22.5. The number of benzene rings is 3. The van der Waals surface area contributed by atoms with Crippen molar-refractivity contribution in [1.82, 2.24) is 10.0 Å². The van der Waals surface area contributed by atoms with Crippen molar-refractivity contribution in [3.05, 3.63) is 84.4 Å². The van der Waals surface area contributed by atoms with E-state index in [1.165, 1.54) is 29.2 Å². The molecule has 0 radical (unpaired) electrons. The van der Waals surface area contributed by atoms with Crippen LogP contribution < -0.4 is 24.4 Å². The van der Waals surface area contributed by atoms with Gasteiger partial charge in [-0.3, -0.25) is 9.59 Å². The Balaban J connectivity index is 1.21. The molecule has 10 heteroatoms. The number of rotatable bonds is 9. The van der Waals surface area contributed by atoms with Crippen LogP contribution in [-0.4, -0.2) is 45.5 Å². The molecule has 0 saturated heterocycles. The molecule has 2 N–H and O–H groups in total. The van der Waals surface area contributed by atoms with Gasteiger partial charge in [0.15, 0.2) is 12.7 Å². The molecule has 1 saturated carbocycles. The highest BCUT2D eigenvalue weighted by Gasteiger charge is 2.34. The molecule has 1 atom stereocenters. The van der Waals surface area contributed by atoms with E-state index in [0.29, 0.717) is 23.7 Å². The number of fused-ring (bicyclic) bond motifs is 1. The zero-order chi connectivity index (χ0) is 27.2. The average Bonchev–Trinajstić information content (AvgIpc) is 3.47. The van der Waals surface area contributed by atoms with E-state index >= 15 is 0 Å². The molecule has 3 aromatic carbocycles. The first-order valence-electron chi connectivity index (χ1n) is 13.0. The Morgan fingerprint density at radius 2 is 1.62 bits per heavy atom. The minimum absolute atomic E-state index is 0.0239. The Bertz CT molecular complexity index is 1410. The SMILES string of the molecule is O=C(NCc1ccccc1)[C@H]1CN(C(=O)COc2ccc(S(=O)(=O)NC3CCCC3)cc2)c2ccccc2O1. The summed E-state index contributed by atoms with van der Waals surface area (Å²) in [4.78, 5) is 27.7. The van der Waals surface area contributed by atoms with Crippen LogP contribution in [0.5, 0.6) is 11.5 Å². The van der Waals surface area contributed by atoms with Crippen LogP contribution >= 0.6 is 0 Å². The molecule has 2 amide bonds. The molecular weight excluding hydrogens is 518 g/mol. The molecule has 2 aliphatic rings. The summed E-state index contributed by atoms with van der Waals surface area (Å²) in [6.07, 6.45) is 2.87. The van der Waals surface area contributed by atoms with Gasteiger partial charge in [-0.25, -0.2) is 13.1 Å². The Kier molecular flexibility index (Phi) is 8.13. The predicted molar refractivity (Wildman–Crippen MR) is 146 cm³/mol. The highest BCUT2D eigenvalue weighted by molar-refractivity contribution is 7.89. The number of carbonyl (C=O) groups excluding carboxylic acids is 2. The zero-order valence-electron chi connectivity index (χ0n) is 21.4. The summed E-state index contributed by atoms with van der Waals surface area (Å²) in [6.45, 7) is 0.0864. The van der Waals surface area contributed by atoms with Gasteiger partial charge in [-0.2, -0.15) is 0 Å². The van der Waals surface area contributed by atoms with Crippen LogP contribution in [0.25, 0.3) is 0 Å². The van der Waals surface area contributed by atoms with Crippen LogP contribution in [0.1, 0.15) is 31.2 Å². The fourth-order valence-electron chi connectivity index (χ4n) is 4.78. The van der Waals surface area contributed by atoms with Gasteiger partial charge < -0.3 is 19.7 Å². The third-order valence-corrected chi connectivity index (χ3v) is 8.39. The quantitative estimate of drug-likeness (QED) is 0.423. The van der Waals surface area contributed by atoms with Crippen molar-refractivity contribution in [3.63, 3.8) is 0 Å². The molecule has 39 heavy (non-hydrogen) atoms. The maximum absolute atomic E-state index is 13.2. The molecular formula is C29H31N3O6S. The Morgan fingerprint density at radius 1 is 0.923 bits per heavy atom. The minimum Gasteiger partial charge on any atom is -0.484 e. The van der Waals surface area contributed by atoms with Crippen molar-refractivity contribution >= 4 is 27.5 Å². The van der Waals surface area contributed by atoms with Gasteiger partial charge in [-0.05, 0) is 54.8 Å². The summed E-state index contributed by atoms with van der Waals surface area (Å²) in [5.74, 6) is 0.115.